The summed E-state index contributed by atoms with van der Waals surface area (Å²) < 4.78 is 24.4. The fraction of sp³-hybridized carbons (Fsp3) is 0.294. The van der Waals surface area contributed by atoms with Crippen LogP contribution in [0, 0.1) is 12.7 Å². The first-order valence-corrected chi connectivity index (χ1v) is 6.82. The van der Waals surface area contributed by atoms with E-state index >= 15 is 0 Å². The van der Waals surface area contributed by atoms with Crippen LogP contribution in [0.15, 0.2) is 36.4 Å². The zero-order valence-corrected chi connectivity index (χ0v) is 12.5. The molecule has 2 aromatic carbocycles. The predicted molar refractivity (Wildman–Crippen MR) is 81.1 cm³/mol. The summed E-state index contributed by atoms with van der Waals surface area (Å²) in [6.45, 7) is 4.18. The van der Waals surface area contributed by atoms with Gasteiger partial charge in [0, 0.05) is 11.6 Å². The molecule has 0 aromatic heterocycles. The van der Waals surface area contributed by atoms with Gasteiger partial charge in [-0.3, -0.25) is 0 Å². The molecular formula is C17H20FNO2. The number of halogens is 1. The topological polar surface area (TPSA) is 44.5 Å². The molecule has 0 saturated carbocycles. The third kappa shape index (κ3) is 3.73. The maximum Gasteiger partial charge on any atom is 0.165 e. The lowest BCUT2D eigenvalue weighted by molar-refractivity contribution is 0.300. The first-order valence-electron chi connectivity index (χ1n) is 6.82. The molecular weight excluding hydrogens is 269 g/mol. The Bertz CT molecular complexity index is 626. The van der Waals surface area contributed by atoms with Gasteiger partial charge in [-0.25, -0.2) is 4.39 Å². The highest BCUT2D eigenvalue weighted by molar-refractivity contribution is 5.39. The van der Waals surface area contributed by atoms with Gasteiger partial charge in [0.1, 0.15) is 12.4 Å². The van der Waals surface area contributed by atoms with Crippen LogP contribution in [0.1, 0.15) is 29.7 Å². The summed E-state index contributed by atoms with van der Waals surface area (Å²) in [5, 5.41) is 0. The van der Waals surface area contributed by atoms with Crippen LogP contribution in [0.25, 0.3) is 0 Å². The van der Waals surface area contributed by atoms with Crippen molar-refractivity contribution in [2.45, 2.75) is 26.5 Å². The molecule has 0 radical (unpaired) electrons. The summed E-state index contributed by atoms with van der Waals surface area (Å²) in [6, 6.07) is 10.6. The molecule has 0 aliphatic heterocycles. The molecule has 0 unspecified atom stereocenters. The Morgan fingerprint density at radius 3 is 2.52 bits per heavy atom. The van der Waals surface area contributed by atoms with Crippen LogP contribution in [-0.4, -0.2) is 7.11 Å². The van der Waals surface area contributed by atoms with Crippen LogP contribution in [0.5, 0.6) is 11.5 Å². The van der Waals surface area contributed by atoms with Crippen molar-refractivity contribution in [1.29, 1.82) is 0 Å². The van der Waals surface area contributed by atoms with Crippen LogP contribution >= 0.6 is 0 Å². The fourth-order valence-corrected chi connectivity index (χ4v) is 2.10. The number of nitrogens with two attached hydrogens (primary N) is 1. The summed E-state index contributed by atoms with van der Waals surface area (Å²) in [7, 11) is 1.44. The number of hydrogen-bond acceptors (Lipinski definition) is 3. The van der Waals surface area contributed by atoms with Crippen molar-refractivity contribution in [2.75, 3.05) is 7.11 Å². The highest BCUT2D eigenvalue weighted by Crippen LogP contribution is 2.26. The van der Waals surface area contributed by atoms with Crippen molar-refractivity contribution in [2.24, 2.45) is 5.73 Å². The number of benzene rings is 2. The van der Waals surface area contributed by atoms with Crippen LogP contribution in [0.4, 0.5) is 4.39 Å². The zero-order valence-electron chi connectivity index (χ0n) is 12.5. The Labute approximate surface area is 124 Å². The molecule has 21 heavy (non-hydrogen) atoms. The number of hydrogen-bond donors (Lipinski definition) is 1. The van der Waals surface area contributed by atoms with Gasteiger partial charge >= 0.3 is 0 Å². The van der Waals surface area contributed by atoms with Crippen molar-refractivity contribution in [3.05, 3.63) is 58.9 Å². The molecule has 0 bridgehead atoms. The molecule has 2 rings (SSSR count). The number of methoxy groups -OCH3 is 1. The zero-order chi connectivity index (χ0) is 15.4. The number of rotatable bonds is 5. The monoisotopic (exact) mass is 289 g/mol. The van der Waals surface area contributed by atoms with Gasteiger partial charge in [0.05, 0.1) is 7.11 Å². The van der Waals surface area contributed by atoms with Gasteiger partial charge in [-0.2, -0.15) is 0 Å². The predicted octanol–water partition coefficient (Wildman–Crippen LogP) is 3.74. The minimum absolute atomic E-state index is 0.117. The van der Waals surface area contributed by atoms with Gasteiger partial charge in [-0.15, -0.1) is 0 Å². The average Bonchev–Trinajstić information content (AvgIpc) is 2.45. The van der Waals surface area contributed by atoms with E-state index in [0.717, 1.165) is 22.4 Å². The molecule has 2 N–H and O–H groups in total. The Balaban J connectivity index is 2.16. The third-order valence-corrected chi connectivity index (χ3v) is 3.27. The van der Waals surface area contributed by atoms with Gasteiger partial charge in [0.25, 0.3) is 0 Å². The van der Waals surface area contributed by atoms with E-state index in [9.17, 15) is 4.39 Å². The van der Waals surface area contributed by atoms with Crippen LogP contribution in [-0.2, 0) is 6.61 Å². The van der Waals surface area contributed by atoms with E-state index in [-0.39, 0.29) is 18.4 Å². The normalized spacial score (nSPS) is 12.0. The third-order valence-electron chi connectivity index (χ3n) is 3.27. The first kappa shape index (κ1) is 15.3. The molecule has 0 amide bonds. The molecule has 4 heteroatoms. The van der Waals surface area contributed by atoms with Gasteiger partial charge in [0.2, 0.25) is 0 Å². The summed E-state index contributed by atoms with van der Waals surface area (Å²) in [4.78, 5) is 0. The Morgan fingerprint density at radius 2 is 1.90 bits per heavy atom. The minimum Gasteiger partial charge on any atom is -0.494 e. The fourth-order valence-electron chi connectivity index (χ4n) is 2.10. The molecule has 0 aliphatic carbocycles. The maximum atomic E-state index is 13.6. The van der Waals surface area contributed by atoms with E-state index < -0.39 is 5.82 Å². The van der Waals surface area contributed by atoms with Crippen molar-refractivity contribution in [3.63, 3.8) is 0 Å². The van der Waals surface area contributed by atoms with Gasteiger partial charge < -0.3 is 15.2 Å². The second-order valence-electron chi connectivity index (χ2n) is 5.09. The van der Waals surface area contributed by atoms with Crippen LogP contribution < -0.4 is 15.2 Å². The summed E-state index contributed by atoms with van der Waals surface area (Å²) >= 11 is 0. The average molecular weight is 289 g/mol. The van der Waals surface area contributed by atoms with E-state index in [0.29, 0.717) is 0 Å². The van der Waals surface area contributed by atoms with Crippen LogP contribution in [0.3, 0.4) is 0 Å². The number of aryl methyl sites for hydroxylation is 1. The van der Waals surface area contributed by atoms with E-state index in [2.05, 4.69) is 0 Å². The molecule has 0 fully saturated rings. The van der Waals surface area contributed by atoms with Crippen molar-refractivity contribution in [1.82, 2.24) is 0 Å². The summed E-state index contributed by atoms with van der Waals surface area (Å²) in [5.74, 6) is 0.571. The van der Waals surface area contributed by atoms with Gasteiger partial charge in [-0.05, 0) is 43.2 Å². The molecule has 112 valence electrons. The standard InChI is InChI=1S/C17H20FNO2/c1-11-4-6-14(12(2)19)17(8-11)21-10-13-5-7-16(20-3)15(18)9-13/h4-9,12H,10,19H2,1-3H3/t12-/m0/s1. The Kier molecular flexibility index (Phi) is 4.81. The molecule has 0 aliphatic rings. The highest BCUT2D eigenvalue weighted by Gasteiger charge is 2.09. The smallest absolute Gasteiger partial charge is 0.165 e. The lowest BCUT2D eigenvalue weighted by Gasteiger charge is -2.15. The SMILES string of the molecule is COc1ccc(COc2cc(C)ccc2[C@H](C)N)cc1F. The minimum atomic E-state index is -0.393. The molecule has 0 spiro atoms. The second kappa shape index (κ2) is 6.59. The van der Waals surface area contributed by atoms with Crippen LogP contribution in [0.2, 0.25) is 0 Å². The van der Waals surface area contributed by atoms with E-state index in [1.807, 2.05) is 32.0 Å². The summed E-state index contributed by atoms with van der Waals surface area (Å²) in [5.41, 5.74) is 8.71. The van der Waals surface area contributed by atoms with Crippen molar-refractivity contribution in [3.8, 4) is 11.5 Å². The lowest BCUT2D eigenvalue weighted by atomic mass is 10.1. The number of ether oxygens (including phenoxy) is 2. The van der Waals surface area contributed by atoms with Gasteiger partial charge in [0.15, 0.2) is 11.6 Å². The first-order chi connectivity index (χ1) is 10.0. The van der Waals surface area contributed by atoms with Crippen molar-refractivity contribution >= 4 is 0 Å². The molecule has 3 nitrogen and oxygen atoms in total. The maximum absolute atomic E-state index is 13.6. The van der Waals surface area contributed by atoms with E-state index in [1.54, 1.807) is 12.1 Å². The molecule has 1 atom stereocenters. The molecule has 0 saturated heterocycles. The largest absolute Gasteiger partial charge is 0.494 e. The van der Waals surface area contributed by atoms with Crippen molar-refractivity contribution < 1.29 is 13.9 Å². The van der Waals surface area contributed by atoms with Gasteiger partial charge in [-0.1, -0.05) is 18.2 Å². The Hall–Kier alpha value is -2.07. The van der Waals surface area contributed by atoms with E-state index in [1.165, 1.54) is 13.2 Å². The molecule has 0 heterocycles. The van der Waals surface area contributed by atoms with E-state index in [4.69, 9.17) is 15.2 Å². The second-order valence-corrected chi connectivity index (χ2v) is 5.09. The quantitative estimate of drug-likeness (QED) is 0.912. The lowest BCUT2D eigenvalue weighted by Crippen LogP contribution is -2.08. The summed E-state index contributed by atoms with van der Waals surface area (Å²) in [6.07, 6.45) is 0. The molecule has 2 aromatic rings. The Morgan fingerprint density at radius 1 is 1.14 bits per heavy atom. The highest BCUT2D eigenvalue weighted by atomic mass is 19.1.